The molecule has 1 radical (unpaired) electrons. The summed E-state index contributed by atoms with van der Waals surface area (Å²) in [7, 11) is 0. The van der Waals surface area contributed by atoms with Crippen LogP contribution in [0.2, 0.25) is 0 Å². The number of ketones is 1. The van der Waals surface area contributed by atoms with Crippen LogP contribution in [0.25, 0.3) is 0 Å². The molecule has 1 N–H and O–H groups in total. The van der Waals surface area contributed by atoms with Gasteiger partial charge in [0.2, 0.25) is 5.78 Å². The molecule has 0 saturated carbocycles. The molecule has 1 rings (SSSR count). The van der Waals surface area contributed by atoms with E-state index in [0.29, 0.717) is 13.0 Å². The van der Waals surface area contributed by atoms with Crippen LogP contribution < -0.4 is 5.73 Å². The van der Waals surface area contributed by atoms with E-state index >= 15 is 0 Å². The summed E-state index contributed by atoms with van der Waals surface area (Å²) in [5, 5.41) is 0. The SMILES string of the molecule is [NH]C(=O)CN1CCCC(=O)C1=O. The maximum Gasteiger partial charge on any atom is 0.290 e. The highest BCUT2D eigenvalue weighted by atomic mass is 16.2. The van der Waals surface area contributed by atoms with E-state index in [4.69, 9.17) is 5.73 Å². The third kappa shape index (κ3) is 1.81. The lowest BCUT2D eigenvalue weighted by atomic mass is 10.1. The average Bonchev–Trinajstić information content (AvgIpc) is 1.98. The van der Waals surface area contributed by atoms with Crippen molar-refractivity contribution < 1.29 is 14.4 Å². The Labute approximate surface area is 69.5 Å². The van der Waals surface area contributed by atoms with Crippen molar-refractivity contribution in [3.63, 3.8) is 0 Å². The summed E-state index contributed by atoms with van der Waals surface area (Å²) in [6, 6.07) is 0. The van der Waals surface area contributed by atoms with Crippen LogP contribution in [0.1, 0.15) is 12.8 Å². The summed E-state index contributed by atoms with van der Waals surface area (Å²) in [6.07, 6.45) is 0.860. The maximum absolute atomic E-state index is 11.0. The van der Waals surface area contributed by atoms with E-state index < -0.39 is 17.6 Å². The van der Waals surface area contributed by atoms with Gasteiger partial charge in [-0.05, 0) is 6.42 Å². The highest BCUT2D eigenvalue weighted by Gasteiger charge is 2.26. The number of rotatable bonds is 2. The van der Waals surface area contributed by atoms with Gasteiger partial charge in [-0.3, -0.25) is 20.1 Å². The molecule has 5 nitrogen and oxygen atoms in total. The van der Waals surface area contributed by atoms with Crippen molar-refractivity contribution in [2.45, 2.75) is 12.8 Å². The minimum atomic E-state index is -0.835. The molecule has 12 heavy (non-hydrogen) atoms. The van der Waals surface area contributed by atoms with Crippen molar-refractivity contribution in [2.75, 3.05) is 13.1 Å². The van der Waals surface area contributed by atoms with Crippen LogP contribution in [0, 0.1) is 0 Å². The number of hydrogen-bond donors (Lipinski definition) is 0. The Balaban J connectivity index is 2.58. The predicted molar refractivity (Wildman–Crippen MR) is 38.9 cm³/mol. The van der Waals surface area contributed by atoms with E-state index in [2.05, 4.69) is 0 Å². The topological polar surface area (TPSA) is 78.2 Å². The maximum atomic E-state index is 11.0. The molecule has 1 aliphatic rings. The van der Waals surface area contributed by atoms with Crippen LogP contribution in [0.4, 0.5) is 0 Å². The molecular weight excluding hydrogens is 160 g/mol. The lowest BCUT2D eigenvalue weighted by molar-refractivity contribution is -0.148. The quantitative estimate of drug-likeness (QED) is 0.497. The first-order valence-electron chi connectivity index (χ1n) is 3.68. The third-order valence-electron chi connectivity index (χ3n) is 1.69. The van der Waals surface area contributed by atoms with E-state index in [9.17, 15) is 14.4 Å². The van der Waals surface area contributed by atoms with E-state index in [1.54, 1.807) is 0 Å². The van der Waals surface area contributed by atoms with E-state index in [0.717, 1.165) is 4.90 Å². The third-order valence-corrected chi connectivity index (χ3v) is 1.69. The van der Waals surface area contributed by atoms with Gasteiger partial charge in [-0.15, -0.1) is 0 Å². The monoisotopic (exact) mass is 169 g/mol. The second-order valence-corrected chi connectivity index (χ2v) is 2.68. The van der Waals surface area contributed by atoms with Gasteiger partial charge >= 0.3 is 0 Å². The number of amides is 2. The molecule has 0 aliphatic carbocycles. The van der Waals surface area contributed by atoms with E-state index in [-0.39, 0.29) is 13.0 Å². The van der Waals surface area contributed by atoms with Gasteiger partial charge in [0.1, 0.15) is 6.54 Å². The molecule has 1 aliphatic heterocycles. The summed E-state index contributed by atoms with van der Waals surface area (Å²) in [5.41, 5.74) is 6.63. The summed E-state index contributed by atoms with van der Waals surface area (Å²) >= 11 is 0. The van der Waals surface area contributed by atoms with Crippen molar-refractivity contribution in [1.82, 2.24) is 10.6 Å². The molecule has 5 heteroatoms. The van der Waals surface area contributed by atoms with Crippen molar-refractivity contribution in [3.05, 3.63) is 0 Å². The Hall–Kier alpha value is -1.39. The molecule has 0 aromatic heterocycles. The molecule has 1 fully saturated rings. The first kappa shape index (κ1) is 8.70. The van der Waals surface area contributed by atoms with Gasteiger partial charge in [0.25, 0.3) is 11.8 Å². The van der Waals surface area contributed by atoms with Crippen molar-refractivity contribution in [2.24, 2.45) is 0 Å². The Bertz CT molecular complexity index is 237. The molecule has 0 aromatic rings. The second-order valence-electron chi connectivity index (χ2n) is 2.68. The Morgan fingerprint density at radius 3 is 2.75 bits per heavy atom. The first-order chi connectivity index (χ1) is 5.61. The van der Waals surface area contributed by atoms with Crippen LogP contribution in [0.5, 0.6) is 0 Å². The Morgan fingerprint density at radius 2 is 2.17 bits per heavy atom. The van der Waals surface area contributed by atoms with Crippen molar-refractivity contribution >= 4 is 17.6 Å². The smallest absolute Gasteiger partial charge is 0.290 e. The Morgan fingerprint density at radius 1 is 1.50 bits per heavy atom. The summed E-state index contributed by atoms with van der Waals surface area (Å²) < 4.78 is 0. The van der Waals surface area contributed by atoms with Crippen LogP contribution in [0.15, 0.2) is 0 Å². The van der Waals surface area contributed by atoms with Gasteiger partial charge in [0.15, 0.2) is 0 Å². The molecule has 0 atom stereocenters. The fourth-order valence-electron chi connectivity index (χ4n) is 1.14. The molecule has 1 heterocycles. The van der Waals surface area contributed by atoms with Crippen LogP contribution in [-0.2, 0) is 14.4 Å². The van der Waals surface area contributed by atoms with Crippen LogP contribution in [-0.4, -0.2) is 35.6 Å². The largest absolute Gasteiger partial charge is 0.327 e. The number of Topliss-reactive ketones (excluding diaryl/α,β-unsaturated/α-hetero) is 1. The average molecular weight is 169 g/mol. The van der Waals surface area contributed by atoms with Gasteiger partial charge in [-0.25, -0.2) is 0 Å². The highest BCUT2D eigenvalue weighted by molar-refractivity contribution is 6.36. The zero-order valence-electron chi connectivity index (χ0n) is 6.50. The Kier molecular flexibility index (Phi) is 2.42. The summed E-state index contributed by atoms with van der Waals surface area (Å²) in [5.74, 6) is -1.91. The van der Waals surface area contributed by atoms with E-state index in [1.807, 2.05) is 0 Å². The molecule has 65 valence electrons. The van der Waals surface area contributed by atoms with Gasteiger partial charge in [-0.2, -0.15) is 0 Å². The molecule has 0 bridgehead atoms. The van der Waals surface area contributed by atoms with E-state index in [1.165, 1.54) is 0 Å². The minimum Gasteiger partial charge on any atom is -0.327 e. The molecular formula is C7H9N2O3. The van der Waals surface area contributed by atoms with Crippen molar-refractivity contribution in [3.8, 4) is 0 Å². The van der Waals surface area contributed by atoms with Gasteiger partial charge in [-0.1, -0.05) is 0 Å². The van der Waals surface area contributed by atoms with Gasteiger partial charge < -0.3 is 4.90 Å². The number of nitrogens with zero attached hydrogens (tertiary/aromatic N) is 1. The number of piperidine rings is 1. The standard InChI is InChI=1S/C7H9N2O3/c8-6(11)4-9-3-1-2-5(10)7(9)12/h8H,1-4H2. The number of likely N-dealkylation sites (tertiary alicyclic amines) is 1. The van der Waals surface area contributed by atoms with Gasteiger partial charge in [0.05, 0.1) is 0 Å². The number of carbonyl (C=O) groups is 3. The normalized spacial score (nSPS) is 18.2. The van der Waals surface area contributed by atoms with Crippen LogP contribution in [0.3, 0.4) is 0 Å². The number of nitrogens with one attached hydrogen (secondary N) is 1. The lowest BCUT2D eigenvalue weighted by Crippen LogP contribution is -2.44. The number of hydrogen-bond acceptors (Lipinski definition) is 3. The molecule has 0 unspecified atom stereocenters. The lowest BCUT2D eigenvalue weighted by Gasteiger charge is -2.23. The molecule has 0 aromatic carbocycles. The summed E-state index contributed by atoms with van der Waals surface area (Å²) in [6.45, 7) is 0.153. The molecule has 1 saturated heterocycles. The number of carbonyl (C=O) groups excluding carboxylic acids is 3. The fraction of sp³-hybridized carbons (Fsp3) is 0.571. The fourth-order valence-corrected chi connectivity index (χ4v) is 1.14. The zero-order chi connectivity index (χ0) is 9.14. The first-order valence-corrected chi connectivity index (χ1v) is 3.68. The predicted octanol–water partition coefficient (Wildman–Crippen LogP) is -1.01. The second kappa shape index (κ2) is 3.34. The zero-order valence-corrected chi connectivity index (χ0v) is 6.50. The molecule has 2 amide bonds. The minimum absolute atomic E-state index is 0.259. The van der Waals surface area contributed by atoms with Gasteiger partial charge in [0, 0.05) is 13.0 Å². The van der Waals surface area contributed by atoms with Crippen LogP contribution >= 0.6 is 0 Å². The summed E-state index contributed by atoms with van der Waals surface area (Å²) in [4.78, 5) is 33.3. The molecule has 0 spiro atoms. The van der Waals surface area contributed by atoms with Crippen molar-refractivity contribution in [1.29, 1.82) is 0 Å². The highest BCUT2D eigenvalue weighted by Crippen LogP contribution is 2.06.